The number of carbonyl (C=O) groups excluding carboxylic acids is 2. The zero-order chi connectivity index (χ0) is 19.9. The van der Waals surface area contributed by atoms with Crippen LogP contribution in [0.25, 0.3) is 10.2 Å². The van der Waals surface area contributed by atoms with Crippen molar-refractivity contribution in [2.45, 2.75) is 12.8 Å². The lowest BCUT2D eigenvalue weighted by molar-refractivity contribution is -0.116. The molecular weight excluding hydrogens is 398 g/mol. The lowest BCUT2D eigenvalue weighted by Crippen LogP contribution is -2.27. The zero-order valence-corrected chi connectivity index (χ0v) is 16.9. The minimum Gasteiger partial charge on any atom is -0.383 e. The van der Waals surface area contributed by atoms with Crippen LogP contribution in [-0.4, -0.2) is 37.1 Å². The number of thiazole rings is 1. The van der Waals surface area contributed by atoms with Crippen molar-refractivity contribution in [3.8, 4) is 0 Å². The van der Waals surface area contributed by atoms with E-state index in [0.717, 1.165) is 15.2 Å². The largest absolute Gasteiger partial charge is 0.383 e. The number of anilines is 1. The van der Waals surface area contributed by atoms with Gasteiger partial charge in [0, 0.05) is 32.2 Å². The third kappa shape index (κ3) is 5.28. The maximum Gasteiger partial charge on any atom is 0.252 e. The molecule has 146 valence electrons. The molecule has 0 saturated carbocycles. The summed E-state index contributed by atoms with van der Waals surface area (Å²) < 4.78 is 6.01. The fourth-order valence-corrected chi connectivity index (χ4v) is 3.84. The second-order valence-corrected chi connectivity index (χ2v) is 7.59. The van der Waals surface area contributed by atoms with Crippen molar-refractivity contribution < 1.29 is 14.3 Å². The molecule has 0 bridgehead atoms. The molecule has 0 spiro atoms. The molecule has 0 fully saturated rings. The number of hydrogen-bond donors (Lipinski definition) is 2. The molecule has 0 atom stereocenters. The van der Waals surface area contributed by atoms with Crippen LogP contribution in [0.2, 0.25) is 5.02 Å². The predicted molar refractivity (Wildman–Crippen MR) is 112 cm³/mol. The number of nitrogens with one attached hydrogen (secondary N) is 2. The van der Waals surface area contributed by atoms with E-state index in [1.54, 1.807) is 36.6 Å². The zero-order valence-electron chi connectivity index (χ0n) is 15.3. The van der Waals surface area contributed by atoms with Crippen LogP contribution in [-0.2, 0) is 16.0 Å². The van der Waals surface area contributed by atoms with Gasteiger partial charge in [-0.3, -0.25) is 9.59 Å². The Bertz CT molecular complexity index is 957. The highest BCUT2D eigenvalue weighted by molar-refractivity contribution is 7.18. The first kappa shape index (κ1) is 20.3. The summed E-state index contributed by atoms with van der Waals surface area (Å²) in [7, 11) is 1.56. The van der Waals surface area contributed by atoms with E-state index in [2.05, 4.69) is 15.6 Å². The smallest absolute Gasteiger partial charge is 0.252 e. The van der Waals surface area contributed by atoms with E-state index >= 15 is 0 Å². The summed E-state index contributed by atoms with van der Waals surface area (Å²) in [6.07, 6.45) is 0.885. The number of halogens is 1. The highest BCUT2D eigenvalue weighted by atomic mass is 35.5. The molecule has 3 aromatic rings. The third-order valence-electron chi connectivity index (χ3n) is 3.99. The van der Waals surface area contributed by atoms with Crippen molar-refractivity contribution in [3.63, 3.8) is 0 Å². The highest BCUT2D eigenvalue weighted by Gasteiger charge is 2.12. The van der Waals surface area contributed by atoms with Crippen molar-refractivity contribution in [2.75, 3.05) is 25.6 Å². The molecule has 2 amide bonds. The Morgan fingerprint density at radius 2 is 2.04 bits per heavy atom. The average Bonchev–Trinajstić information content (AvgIpc) is 3.09. The van der Waals surface area contributed by atoms with Gasteiger partial charge >= 0.3 is 0 Å². The van der Waals surface area contributed by atoms with Gasteiger partial charge in [0.05, 0.1) is 32.4 Å². The minimum atomic E-state index is -0.282. The molecule has 6 nitrogen and oxygen atoms in total. The number of hydrogen-bond acceptors (Lipinski definition) is 5. The van der Waals surface area contributed by atoms with Crippen molar-refractivity contribution in [3.05, 3.63) is 58.1 Å². The molecule has 2 aromatic carbocycles. The second kappa shape index (κ2) is 9.64. The fraction of sp³-hybridized carbons (Fsp3) is 0.250. The number of carbonyl (C=O) groups is 2. The van der Waals surface area contributed by atoms with Gasteiger partial charge in [-0.15, -0.1) is 11.3 Å². The number of fused-ring (bicyclic) bond motifs is 1. The Morgan fingerprint density at radius 3 is 2.79 bits per heavy atom. The lowest BCUT2D eigenvalue weighted by Gasteiger charge is -2.09. The summed E-state index contributed by atoms with van der Waals surface area (Å²) >= 11 is 7.78. The van der Waals surface area contributed by atoms with E-state index in [9.17, 15) is 9.59 Å². The first-order valence-corrected chi connectivity index (χ1v) is 9.97. The van der Waals surface area contributed by atoms with Crippen molar-refractivity contribution >= 4 is 50.7 Å². The van der Waals surface area contributed by atoms with Crippen LogP contribution in [0.15, 0.2) is 42.5 Å². The van der Waals surface area contributed by atoms with Gasteiger partial charge in [0.2, 0.25) is 5.91 Å². The molecule has 0 radical (unpaired) electrons. The lowest BCUT2D eigenvalue weighted by atomic mass is 10.2. The molecule has 0 aliphatic heterocycles. The maximum atomic E-state index is 12.2. The quantitative estimate of drug-likeness (QED) is 0.545. The predicted octanol–water partition coefficient (Wildman–Crippen LogP) is 3.90. The molecule has 0 saturated heterocycles. The van der Waals surface area contributed by atoms with Gasteiger partial charge in [0.1, 0.15) is 0 Å². The SMILES string of the molecule is COCCNC(=O)c1ccc(NC(=O)CCc2nc3ccccc3s2)cc1Cl. The second-order valence-electron chi connectivity index (χ2n) is 6.07. The first-order valence-electron chi connectivity index (χ1n) is 8.78. The molecule has 2 N–H and O–H groups in total. The maximum absolute atomic E-state index is 12.2. The molecular formula is C20H20ClN3O3S. The van der Waals surface area contributed by atoms with Crippen LogP contribution in [0.1, 0.15) is 21.8 Å². The Balaban J connectivity index is 1.54. The summed E-state index contributed by atoms with van der Waals surface area (Å²) in [5, 5.41) is 6.72. The number of aryl methyl sites for hydroxylation is 1. The molecule has 1 aromatic heterocycles. The number of methoxy groups -OCH3 is 1. The number of nitrogens with zero attached hydrogens (tertiary/aromatic N) is 1. The number of ether oxygens (including phenoxy) is 1. The van der Waals surface area contributed by atoms with E-state index in [-0.39, 0.29) is 16.8 Å². The molecule has 0 aliphatic rings. The van der Waals surface area contributed by atoms with Crippen LogP contribution < -0.4 is 10.6 Å². The Hall–Kier alpha value is -2.48. The van der Waals surface area contributed by atoms with E-state index < -0.39 is 0 Å². The molecule has 0 unspecified atom stereocenters. The first-order chi connectivity index (χ1) is 13.6. The average molecular weight is 418 g/mol. The van der Waals surface area contributed by atoms with Gasteiger partial charge in [0.15, 0.2) is 0 Å². The summed E-state index contributed by atoms with van der Waals surface area (Å²) in [6, 6.07) is 12.7. The van der Waals surface area contributed by atoms with Gasteiger partial charge in [-0.25, -0.2) is 4.98 Å². The number of aromatic nitrogens is 1. The number of benzene rings is 2. The molecule has 8 heteroatoms. The van der Waals surface area contributed by atoms with Crippen LogP contribution in [0.4, 0.5) is 5.69 Å². The van der Waals surface area contributed by atoms with Crippen LogP contribution in [0, 0.1) is 0 Å². The summed E-state index contributed by atoms with van der Waals surface area (Å²) in [5.41, 5.74) is 1.85. The van der Waals surface area contributed by atoms with Gasteiger partial charge < -0.3 is 15.4 Å². The van der Waals surface area contributed by atoms with Gasteiger partial charge in [-0.2, -0.15) is 0 Å². The summed E-state index contributed by atoms with van der Waals surface area (Å²) in [6.45, 7) is 0.822. The summed E-state index contributed by atoms with van der Waals surface area (Å²) in [4.78, 5) is 28.8. The monoisotopic (exact) mass is 417 g/mol. The van der Waals surface area contributed by atoms with Crippen LogP contribution >= 0.6 is 22.9 Å². The summed E-state index contributed by atoms with van der Waals surface area (Å²) in [5.74, 6) is -0.414. The van der Waals surface area contributed by atoms with E-state index in [4.69, 9.17) is 16.3 Å². The van der Waals surface area contributed by atoms with E-state index in [1.807, 2.05) is 24.3 Å². The van der Waals surface area contributed by atoms with Gasteiger partial charge in [0.25, 0.3) is 5.91 Å². The van der Waals surface area contributed by atoms with Crippen LogP contribution in [0.3, 0.4) is 0 Å². The molecule has 1 heterocycles. The van der Waals surface area contributed by atoms with Crippen LogP contribution in [0.5, 0.6) is 0 Å². The highest BCUT2D eigenvalue weighted by Crippen LogP contribution is 2.23. The molecule has 28 heavy (non-hydrogen) atoms. The third-order valence-corrected chi connectivity index (χ3v) is 5.40. The number of para-hydroxylation sites is 1. The topological polar surface area (TPSA) is 80.3 Å². The van der Waals surface area contributed by atoms with Crippen molar-refractivity contribution in [1.29, 1.82) is 0 Å². The van der Waals surface area contributed by atoms with Gasteiger partial charge in [-0.05, 0) is 30.3 Å². The van der Waals surface area contributed by atoms with Crippen molar-refractivity contribution in [2.24, 2.45) is 0 Å². The molecule has 0 aliphatic carbocycles. The Labute approximate surface area is 171 Å². The van der Waals surface area contributed by atoms with E-state index in [0.29, 0.717) is 37.2 Å². The van der Waals surface area contributed by atoms with E-state index in [1.165, 1.54) is 0 Å². The number of amides is 2. The standard InChI is InChI=1S/C20H20ClN3O3S/c1-27-11-10-22-20(26)14-7-6-13(12-15(14)21)23-18(25)8-9-19-24-16-4-2-3-5-17(16)28-19/h2-7,12H,8-11H2,1H3,(H,22,26)(H,23,25). The van der Waals surface area contributed by atoms with Gasteiger partial charge in [-0.1, -0.05) is 23.7 Å². The Morgan fingerprint density at radius 1 is 1.21 bits per heavy atom. The molecule has 3 rings (SSSR count). The fourth-order valence-electron chi connectivity index (χ4n) is 2.61. The normalized spacial score (nSPS) is 10.8. The Kier molecular flexibility index (Phi) is 6.97. The van der Waals surface area contributed by atoms with Crippen molar-refractivity contribution in [1.82, 2.24) is 10.3 Å². The minimum absolute atomic E-state index is 0.132. The number of rotatable bonds is 8.